The summed E-state index contributed by atoms with van der Waals surface area (Å²) in [5, 5.41) is 7.65. The molecule has 0 bridgehead atoms. The first-order valence-electron chi connectivity index (χ1n) is 4.17. The van der Waals surface area contributed by atoms with Crippen LogP contribution in [0.25, 0.3) is 0 Å². The number of nitrogens with zero attached hydrogens (tertiary/aromatic N) is 2. The van der Waals surface area contributed by atoms with Gasteiger partial charge in [0.25, 0.3) is 0 Å². The van der Waals surface area contributed by atoms with Crippen LogP contribution >= 0.6 is 15.9 Å². The smallest absolute Gasteiger partial charge is 0.128 e. The van der Waals surface area contributed by atoms with E-state index in [0.29, 0.717) is 0 Å². The van der Waals surface area contributed by atoms with E-state index in [9.17, 15) is 0 Å². The fourth-order valence-corrected chi connectivity index (χ4v) is 1.67. The Labute approximate surface area is 80.3 Å². The minimum atomic E-state index is 0.763. The number of hydrogen-bond acceptors (Lipinski definition) is 2. The number of nitrogens with one attached hydrogen (secondary N) is 1. The van der Waals surface area contributed by atoms with Crippen molar-refractivity contribution >= 4 is 15.9 Å². The molecule has 1 heterocycles. The second kappa shape index (κ2) is 3.18. The van der Waals surface area contributed by atoms with Crippen molar-refractivity contribution < 1.29 is 0 Å². The zero-order valence-corrected chi connectivity index (χ0v) is 8.63. The predicted octanol–water partition coefficient (Wildman–Crippen LogP) is 1.43. The number of hydrogen-bond donors (Lipinski definition) is 1. The third-order valence-electron chi connectivity index (χ3n) is 2.10. The normalized spacial score (nSPS) is 16.8. The van der Waals surface area contributed by atoms with E-state index < -0.39 is 0 Å². The maximum absolute atomic E-state index is 4.20. The third kappa shape index (κ3) is 1.87. The van der Waals surface area contributed by atoms with Gasteiger partial charge in [-0.05, 0) is 34.8 Å². The Morgan fingerprint density at radius 2 is 2.50 bits per heavy atom. The van der Waals surface area contributed by atoms with Gasteiger partial charge < -0.3 is 5.32 Å². The molecule has 1 aliphatic rings. The van der Waals surface area contributed by atoms with Crippen LogP contribution in [-0.4, -0.2) is 15.8 Å². The molecule has 0 aliphatic heterocycles. The Kier molecular flexibility index (Phi) is 2.19. The maximum atomic E-state index is 4.20. The number of aryl methyl sites for hydroxylation is 1. The van der Waals surface area contributed by atoms with Crippen LogP contribution in [0.1, 0.15) is 18.5 Å². The van der Waals surface area contributed by atoms with Gasteiger partial charge in [-0.1, -0.05) is 0 Å². The van der Waals surface area contributed by atoms with Crippen molar-refractivity contribution in [3.63, 3.8) is 0 Å². The van der Waals surface area contributed by atoms with Gasteiger partial charge in [-0.3, -0.25) is 4.68 Å². The highest BCUT2D eigenvalue weighted by molar-refractivity contribution is 9.10. The second-order valence-corrected chi connectivity index (χ2v) is 4.05. The highest BCUT2D eigenvalue weighted by atomic mass is 79.9. The molecule has 1 aromatic heterocycles. The van der Waals surface area contributed by atoms with Crippen molar-refractivity contribution in [1.29, 1.82) is 0 Å². The van der Waals surface area contributed by atoms with E-state index in [1.54, 1.807) is 0 Å². The zero-order chi connectivity index (χ0) is 8.55. The lowest BCUT2D eigenvalue weighted by atomic mass is 10.4. The molecule has 3 nitrogen and oxygen atoms in total. The monoisotopic (exact) mass is 229 g/mol. The van der Waals surface area contributed by atoms with Gasteiger partial charge in [0.1, 0.15) is 4.60 Å². The quantitative estimate of drug-likeness (QED) is 0.851. The number of rotatable bonds is 3. The van der Waals surface area contributed by atoms with E-state index in [-0.39, 0.29) is 0 Å². The molecule has 12 heavy (non-hydrogen) atoms. The predicted molar refractivity (Wildman–Crippen MR) is 50.8 cm³/mol. The molecular weight excluding hydrogens is 218 g/mol. The first kappa shape index (κ1) is 8.26. The second-order valence-electron chi connectivity index (χ2n) is 3.24. The van der Waals surface area contributed by atoms with Gasteiger partial charge in [-0.15, -0.1) is 0 Å². The fraction of sp³-hybridized carbons (Fsp3) is 0.625. The van der Waals surface area contributed by atoms with Crippen LogP contribution in [-0.2, 0) is 13.6 Å². The largest absolute Gasteiger partial charge is 0.308 e. The van der Waals surface area contributed by atoms with Crippen molar-refractivity contribution in [1.82, 2.24) is 15.1 Å². The van der Waals surface area contributed by atoms with Crippen molar-refractivity contribution in [3.05, 3.63) is 16.4 Å². The Hall–Kier alpha value is -0.350. The minimum absolute atomic E-state index is 0.763. The molecule has 1 N–H and O–H groups in total. The molecule has 1 saturated carbocycles. The highest BCUT2D eigenvalue weighted by Gasteiger charge is 2.20. The summed E-state index contributed by atoms with van der Waals surface area (Å²) in [5.41, 5.74) is 1.23. The zero-order valence-electron chi connectivity index (χ0n) is 7.05. The molecule has 66 valence electrons. The summed E-state index contributed by atoms with van der Waals surface area (Å²) < 4.78 is 2.82. The molecule has 1 aliphatic carbocycles. The standard InChI is InChI=1S/C8H12BrN3/c1-12-7(4-8(9)11-12)5-10-6-2-3-6/h4,6,10H,2-3,5H2,1H3. The Morgan fingerprint density at radius 3 is 3.00 bits per heavy atom. The maximum Gasteiger partial charge on any atom is 0.128 e. The van der Waals surface area contributed by atoms with Crippen molar-refractivity contribution in [2.75, 3.05) is 0 Å². The van der Waals surface area contributed by atoms with E-state index in [2.05, 4.69) is 32.4 Å². The summed E-state index contributed by atoms with van der Waals surface area (Å²) in [7, 11) is 1.97. The molecule has 0 spiro atoms. The Morgan fingerprint density at radius 1 is 1.75 bits per heavy atom. The number of halogens is 1. The lowest BCUT2D eigenvalue weighted by Gasteiger charge is -2.01. The fourth-order valence-electron chi connectivity index (χ4n) is 1.17. The molecule has 1 fully saturated rings. The van der Waals surface area contributed by atoms with E-state index in [1.165, 1.54) is 18.5 Å². The van der Waals surface area contributed by atoms with Gasteiger partial charge in [0, 0.05) is 19.6 Å². The lowest BCUT2D eigenvalue weighted by Crippen LogP contribution is -2.17. The summed E-state index contributed by atoms with van der Waals surface area (Å²) >= 11 is 3.35. The van der Waals surface area contributed by atoms with Crippen LogP contribution in [0, 0.1) is 0 Å². The van der Waals surface area contributed by atoms with Crippen LogP contribution in [0.2, 0.25) is 0 Å². The molecule has 4 heteroatoms. The molecule has 0 radical (unpaired) electrons. The van der Waals surface area contributed by atoms with Crippen LogP contribution in [0.4, 0.5) is 0 Å². The molecule has 0 atom stereocenters. The third-order valence-corrected chi connectivity index (χ3v) is 2.48. The van der Waals surface area contributed by atoms with Crippen LogP contribution in [0.5, 0.6) is 0 Å². The van der Waals surface area contributed by atoms with Gasteiger partial charge in [0.15, 0.2) is 0 Å². The topological polar surface area (TPSA) is 29.9 Å². The van der Waals surface area contributed by atoms with E-state index in [0.717, 1.165) is 17.2 Å². The molecule has 0 aromatic carbocycles. The van der Waals surface area contributed by atoms with Gasteiger partial charge in [0.2, 0.25) is 0 Å². The Balaban J connectivity index is 1.96. The van der Waals surface area contributed by atoms with Gasteiger partial charge in [-0.25, -0.2) is 0 Å². The average Bonchev–Trinajstić information content (AvgIpc) is 2.76. The summed E-state index contributed by atoms with van der Waals surface area (Å²) in [6.45, 7) is 0.930. The summed E-state index contributed by atoms with van der Waals surface area (Å²) in [6, 6.07) is 2.81. The molecule has 0 unspecified atom stereocenters. The molecule has 1 aromatic rings. The minimum Gasteiger partial charge on any atom is -0.308 e. The van der Waals surface area contributed by atoms with Crippen molar-refractivity contribution in [3.8, 4) is 0 Å². The molecule has 0 saturated heterocycles. The first-order chi connectivity index (χ1) is 5.75. The summed E-state index contributed by atoms with van der Waals surface area (Å²) in [4.78, 5) is 0. The SMILES string of the molecule is Cn1nc(Br)cc1CNC1CC1. The van der Waals surface area contributed by atoms with Crippen LogP contribution in [0.3, 0.4) is 0 Å². The number of aromatic nitrogens is 2. The average molecular weight is 230 g/mol. The Bertz CT molecular complexity index is 278. The van der Waals surface area contributed by atoms with Gasteiger partial charge in [0.05, 0.1) is 5.69 Å². The van der Waals surface area contributed by atoms with Gasteiger partial charge >= 0.3 is 0 Å². The highest BCUT2D eigenvalue weighted by Crippen LogP contribution is 2.19. The summed E-state index contributed by atoms with van der Waals surface area (Å²) in [6.07, 6.45) is 2.66. The van der Waals surface area contributed by atoms with Crippen molar-refractivity contribution in [2.24, 2.45) is 7.05 Å². The van der Waals surface area contributed by atoms with E-state index in [1.807, 2.05) is 11.7 Å². The van der Waals surface area contributed by atoms with E-state index in [4.69, 9.17) is 0 Å². The lowest BCUT2D eigenvalue weighted by molar-refractivity contribution is 0.622. The molecule has 0 amide bonds. The van der Waals surface area contributed by atoms with Gasteiger partial charge in [-0.2, -0.15) is 5.10 Å². The summed E-state index contributed by atoms with van der Waals surface area (Å²) in [5.74, 6) is 0. The van der Waals surface area contributed by atoms with Crippen LogP contribution < -0.4 is 5.32 Å². The molecular formula is C8H12BrN3. The van der Waals surface area contributed by atoms with E-state index >= 15 is 0 Å². The van der Waals surface area contributed by atoms with Crippen molar-refractivity contribution in [2.45, 2.75) is 25.4 Å². The first-order valence-corrected chi connectivity index (χ1v) is 4.97. The molecule has 2 rings (SSSR count). The van der Waals surface area contributed by atoms with Crippen LogP contribution in [0.15, 0.2) is 10.7 Å².